The van der Waals surface area contributed by atoms with Crippen LogP contribution in [0.2, 0.25) is 0 Å². The lowest BCUT2D eigenvalue weighted by atomic mass is 9.82. The smallest absolute Gasteiger partial charge is 0.357 e. The van der Waals surface area contributed by atoms with Gasteiger partial charge in [-0.05, 0) is 53.0 Å². The number of hydroxylamine groups is 2. The number of piperidine rings is 1. The Morgan fingerprint density at radius 1 is 1.14 bits per heavy atom. The quantitative estimate of drug-likeness (QED) is 0.797. The lowest BCUT2D eigenvalue weighted by Gasteiger charge is -2.50. The number of nitrogens with zero attached hydrogens (tertiary/aromatic N) is 1. The number of rotatable bonds is 3. The second kappa shape index (κ2) is 5.60. The van der Waals surface area contributed by atoms with Gasteiger partial charge in [0.1, 0.15) is 0 Å². The van der Waals surface area contributed by atoms with E-state index in [1.165, 1.54) is 0 Å². The average Bonchev–Trinajstić information content (AvgIpc) is 2.42. The van der Waals surface area contributed by atoms with E-state index in [0.29, 0.717) is 17.4 Å². The zero-order chi connectivity index (χ0) is 15.7. The first-order valence-corrected chi connectivity index (χ1v) is 7.35. The van der Waals surface area contributed by atoms with E-state index < -0.39 is 5.97 Å². The summed E-state index contributed by atoms with van der Waals surface area (Å²) in [6, 6.07) is 6.71. The molecular weight excluding hydrogens is 266 g/mol. The molecule has 1 aliphatic rings. The highest BCUT2D eigenvalue weighted by Crippen LogP contribution is 2.38. The molecule has 1 heterocycles. The average molecular weight is 289 g/mol. The van der Waals surface area contributed by atoms with Gasteiger partial charge in [-0.1, -0.05) is 18.2 Å². The number of benzene rings is 1. The lowest BCUT2D eigenvalue weighted by Crippen LogP contribution is -2.58. The summed E-state index contributed by atoms with van der Waals surface area (Å²) in [5, 5.41) is 1.80. The second-order valence-electron chi connectivity index (χ2n) is 6.86. The summed E-state index contributed by atoms with van der Waals surface area (Å²) in [4.78, 5) is 29.2. The van der Waals surface area contributed by atoms with Crippen molar-refractivity contribution in [2.45, 2.75) is 58.0 Å². The summed E-state index contributed by atoms with van der Waals surface area (Å²) in [7, 11) is 0. The SMILES string of the molecule is CC1(C)CCCC(C)(C)N1OC(=O)c1ccccc1C=O. The highest BCUT2D eigenvalue weighted by atomic mass is 16.7. The Balaban J connectivity index is 2.27. The van der Waals surface area contributed by atoms with E-state index in [0.717, 1.165) is 19.3 Å². The highest BCUT2D eigenvalue weighted by Gasteiger charge is 2.44. The minimum atomic E-state index is -0.472. The summed E-state index contributed by atoms with van der Waals surface area (Å²) in [6.07, 6.45) is 3.74. The molecule has 1 aliphatic heterocycles. The third-order valence-corrected chi connectivity index (χ3v) is 4.16. The molecule has 1 aromatic carbocycles. The Bertz CT molecular complexity index is 533. The molecule has 114 valence electrons. The van der Waals surface area contributed by atoms with Gasteiger partial charge < -0.3 is 4.84 Å². The maximum Gasteiger partial charge on any atom is 0.357 e. The Morgan fingerprint density at radius 3 is 2.29 bits per heavy atom. The third-order valence-electron chi connectivity index (χ3n) is 4.16. The number of carbonyl (C=O) groups is 2. The molecule has 0 amide bonds. The van der Waals surface area contributed by atoms with Crippen LogP contribution >= 0.6 is 0 Å². The molecule has 21 heavy (non-hydrogen) atoms. The zero-order valence-corrected chi connectivity index (χ0v) is 13.2. The van der Waals surface area contributed by atoms with Crippen molar-refractivity contribution in [3.63, 3.8) is 0 Å². The molecule has 0 radical (unpaired) electrons. The van der Waals surface area contributed by atoms with Gasteiger partial charge >= 0.3 is 5.97 Å². The summed E-state index contributed by atoms with van der Waals surface area (Å²) < 4.78 is 0. The molecule has 0 N–H and O–H groups in total. The molecule has 0 atom stereocenters. The third kappa shape index (κ3) is 3.16. The topological polar surface area (TPSA) is 46.6 Å². The number of carbonyl (C=O) groups excluding carboxylic acids is 2. The number of aldehydes is 1. The van der Waals surface area contributed by atoms with E-state index in [9.17, 15) is 9.59 Å². The second-order valence-corrected chi connectivity index (χ2v) is 6.86. The van der Waals surface area contributed by atoms with E-state index in [-0.39, 0.29) is 11.1 Å². The molecule has 0 unspecified atom stereocenters. The van der Waals surface area contributed by atoms with Gasteiger partial charge in [0.2, 0.25) is 0 Å². The molecule has 4 nitrogen and oxygen atoms in total. The van der Waals surface area contributed by atoms with Gasteiger partial charge in [0.25, 0.3) is 0 Å². The summed E-state index contributed by atoms with van der Waals surface area (Å²) >= 11 is 0. The molecule has 2 rings (SSSR count). The van der Waals surface area contributed by atoms with E-state index in [4.69, 9.17) is 4.84 Å². The predicted molar refractivity (Wildman–Crippen MR) is 81.1 cm³/mol. The summed E-state index contributed by atoms with van der Waals surface area (Å²) in [5.74, 6) is -0.472. The fourth-order valence-electron chi connectivity index (χ4n) is 3.14. The molecule has 4 heteroatoms. The Kier molecular flexibility index (Phi) is 4.19. The van der Waals surface area contributed by atoms with Crippen LogP contribution in [-0.2, 0) is 4.84 Å². The van der Waals surface area contributed by atoms with E-state index >= 15 is 0 Å². The van der Waals surface area contributed by atoms with E-state index in [2.05, 4.69) is 27.7 Å². The molecule has 0 spiro atoms. The van der Waals surface area contributed by atoms with Gasteiger partial charge in [0.05, 0.1) is 16.6 Å². The Morgan fingerprint density at radius 2 is 1.71 bits per heavy atom. The first-order valence-electron chi connectivity index (χ1n) is 7.35. The van der Waals surface area contributed by atoms with Crippen LogP contribution in [0.1, 0.15) is 67.7 Å². The molecule has 0 saturated carbocycles. The minimum absolute atomic E-state index is 0.215. The van der Waals surface area contributed by atoms with Crippen LogP contribution in [0.3, 0.4) is 0 Å². The van der Waals surface area contributed by atoms with Crippen LogP contribution in [-0.4, -0.2) is 28.4 Å². The van der Waals surface area contributed by atoms with Crippen molar-refractivity contribution in [3.8, 4) is 0 Å². The van der Waals surface area contributed by atoms with Crippen LogP contribution in [0, 0.1) is 0 Å². The Hall–Kier alpha value is -1.68. The standard InChI is InChI=1S/C17H23NO3/c1-16(2)10-7-11-17(3,4)18(16)21-15(20)14-9-6-5-8-13(14)12-19/h5-6,8-9,12H,7,10-11H2,1-4H3. The van der Waals surface area contributed by atoms with Crippen molar-refractivity contribution in [2.75, 3.05) is 0 Å². The monoisotopic (exact) mass is 289 g/mol. The van der Waals surface area contributed by atoms with E-state index in [1.807, 2.05) is 0 Å². The van der Waals surface area contributed by atoms with Gasteiger partial charge in [0, 0.05) is 5.56 Å². The van der Waals surface area contributed by atoms with Crippen molar-refractivity contribution in [1.82, 2.24) is 5.06 Å². The molecular formula is C17H23NO3. The van der Waals surface area contributed by atoms with Crippen molar-refractivity contribution in [2.24, 2.45) is 0 Å². The Labute approximate surface area is 126 Å². The highest BCUT2D eigenvalue weighted by molar-refractivity contribution is 5.98. The fourth-order valence-corrected chi connectivity index (χ4v) is 3.14. The normalized spacial score (nSPS) is 20.8. The molecule has 1 fully saturated rings. The van der Waals surface area contributed by atoms with Crippen molar-refractivity contribution >= 4 is 12.3 Å². The summed E-state index contributed by atoms with van der Waals surface area (Å²) in [5.41, 5.74) is 0.237. The van der Waals surface area contributed by atoms with Crippen LogP contribution in [0.25, 0.3) is 0 Å². The first kappa shape index (κ1) is 15.7. The fraction of sp³-hybridized carbons (Fsp3) is 0.529. The minimum Gasteiger partial charge on any atom is -0.363 e. The van der Waals surface area contributed by atoms with Gasteiger partial charge in [0.15, 0.2) is 6.29 Å². The van der Waals surface area contributed by atoms with Gasteiger partial charge in [-0.2, -0.15) is 0 Å². The maximum atomic E-state index is 12.4. The summed E-state index contributed by atoms with van der Waals surface area (Å²) in [6.45, 7) is 8.30. The zero-order valence-electron chi connectivity index (χ0n) is 13.2. The molecule has 1 saturated heterocycles. The van der Waals surface area contributed by atoms with Crippen LogP contribution in [0.4, 0.5) is 0 Å². The first-order chi connectivity index (χ1) is 9.78. The van der Waals surface area contributed by atoms with Gasteiger partial charge in [-0.25, -0.2) is 4.79 Å². The molecule has 0 aromatic heterocycles. The number of hydrogen-bond donors (Lipinski definition) is 0. The van der Waals surface area contributed by atoms with Crippen LogP contribution < -0.4 is 0 Å². The number of hydrogen-bond acceptors (Lipinski definition) is 4. The maximum absolute atomic E-state index is 12.4. The lowest BCUT2D eigenvalue weighted by molar-refractivity contribution is -0.240. The van der Waals surface area contributed by atoms with Gasteiger partial charge in [-0.3, -0.25) is 4.79 Å². The largest absolute Gasteiger partial charge is 0.363 e. The van der Waals surface area contributed by atoms with E-state index in [1.54, 1.807) is 29.3 Å². The van der Waals surface area contributed by atoms with Crippen molar-refractivity contribution < 1.29 is 14.4 Å². The van der Waals surface area contributed by atoms with Crippen LogP contribution in [0.5, 0.6) is 0 Å². The predicted octanol–water partition coefficient (Wildman–Crippen LogP) is 3.61. The van der Waals surface area contributed by atoms with Crippen molar-refractivity contribution in [1.29, 1.82) is 0 Å². The molecule has 0 aliphatic carbocycles. The van der Waals surface area contributed by atoms with Crippen LogP contribution in [0.15, 0.2) is 24.3 Å². The molecule has 1 aromatic rings. The van der Waals surface area contributed by atoms with Crippen molar-refractivity contribution in [3.05, 3.63) is 35.4 Å². The molecule has 0 bridgehead atoms. The van der Waals surface area contributed by atoms with Gasteiger partial charge in [-0.15, -0.1) is 5.06 Å².